The Balaban J connectivity index is 1.54. The highest BCUT2D eigenvalue weighted by atomic mass is 14.3. The molecule has 0 radical (unpaired) electrons. The summed E-state index contributed by atoms with van der Waals surface area (Å²) in [5, 5.41) is 10.6. The summed E-state index contributed by atoms with van der Waals surface area (Å²) >= 11 is 0. The minimum Gasteiger partial charge on any atom is -0.0617 e. The average molecular weight is 561 g/mol. The molecule has 208 valence electrons. The van der Waals surface area contributed by atoms with E-state index in [1.807, 2.05) is 0 Å². The SMILES string of the molecule is Cc1cccc(C)c1-c1c2ccccc2c(-c2c(C)cccc2C)c2cc3c(cc12)-c1cccc2c1c-3cc1ccccc12. The van der Waals surface area contributed by atoms with Crippen LogP contribution in [-0.4, -0.2) is 0 Å². The van der Waals surface area contributed by atoms with Gasteiger partial charge >= 0.3 is 0 Å². The van der Waals surface area contributed by atoms with Gasteiger partial charge in [-0.15, -0.1) is 0 Å². The molecule has 8 aromatic rings. The molecule has 1 aliphatic rings. The molecule has 1 aliphatic carbocycles. The van der Waals surface area contributed by atoms with Crippen molar-refractivity contribution in [3.8, 4) is 44.5 Å². The van der Waals surface area contributed by atoms with Crippen LogP contribution >= 0.6 is 0 Å². The third kappa shape index (κ3) is 3.34. The smallest absolute Gasteiger partial charge is 0.00199 e. The normalized spacial score (nSPS) is 12.1. The standard InChI is InChI=1S/C44H32/c1-25-12-9-13-26(2)40(25)43-32-18-7-8-19-33(32)44(41-27(3)14-10-15-28(41)4)39-24-36-35(23-38(39)43)34-21-11-20-31-30-17-6-5-16-29(30)22-37(36)42(31)34/h5-24H,1-4H3. The number of hydrogen-bond acceptors (Lipinski definition) is 0. The second-order valence-electron chi connectivity index (χ2n) is 12.6. The van der Waals surface area contributed by atoms with Crippen LogP contribution in [0.4, 0.5) is 0 Å². The molecule has 0 atom stereocenters. The van der Waals surface area contributed by atoms with E-state index < -0.39 is 0 Å². The van der Waals surface area contributed by atoms with Gasteiger partial charge in [0.05, 0.1) is 0 Å². The van der Waals surface area contributed by atoms with E-state index in [-0.39, 0.29) is 0 Å². The predicted octanol–water partition coefficient (Wildman–Crippen LogP) is 12.5. The lowest BCUT2D eigenvalue weighted by molar-refractivity contribution is 1.38. The Morgan fingerprint density at radius 3 is 1.32 bits per heavy atom. The lowest BCUT2D eigenvalue weighted by atomic mass is 9.80. The molecule has 8 aromatic carbocycles. The first kappa shape index (κ1) is 25.3. The summed E-state index contributed by atoms with van der Waals surface area (Å²) < 4.78 is 0. The number of fused-ring (bicyclic) bond motifs is 7. The quantitative estimate of drug-likeness (QED) is 0.146. The summed E-state index contributed by atoms with van der Waals surface area (Å²) in [4.78, 5) is 0. The molecule has 0 bridgehead atoms. The topological polar surface area (TPSA) is 0 Å². The van der Waals surface area contributed by atoms with Crippen molar-refractivity contribution in [1.82, 2.24) is 0 Å². The Morgan fingerprint density at radius 1 is 0.295 bits per heavy atom. The summed E-state index contributed by atoms with van der Waals surface area (Å²) in [7, 11) is 0. The number of benzene rings is 8. The molecule has 0 heteroatoms. The lowest BCUT2D eigenvalue weighted by Crippen LogP contribution is -1.97. The molecule has 0 amide bonds. The molecule has 9 rings (SSSR count). The van der Waals surface area contributed by atoms with E-state index in [1.165, 1.54) is 110 Å². The van der Waals surface area contributed by atoms with Crippen molar-refractivity contribution in [3.63, 3.8) is 0 Å². The van der Waals surface area contributed by atoms with E-state index in [0.717, 1.165) is 0 Å². The molecule has 0 spiro atoms. The van der Waals surface area contributed by atoms with Gasteiger partial charge in [-0.3, -0.25) is 0 Å². The van der Waals surface area contributed by atoms with E-state index in [9.17, 15) is 0 Å². The molecule has 44 heavy (non-hydrogen) atoms. The van der Waals surface area contributed by atoms with Crippen LogP contribution in [0.1, 0.15) is 22.3 Å². The Bertz CT molecular complexity index is 2480. The van der Waals surface area contributed by atoms with E-state index in [4.69, 9.17) is 0 Å². The monoisotopic (exact) mass is 560 g/mol. The molecule has 0 saturated heterocycles. The molecular formula is C44H32. The van der Waals surface area contributed by atoms with Gasteiger partial charge < -0.3 is 0 Å². The zero-order chi connectivity index (χ0) is 29.7. The van der Waals surface area contributed by atoms with E-state index in [2.05, 4.69) is 149 Å². The van der Waals surface area contributed by atoms with Crippen LogP contribution in [0.2, 0.25) is 0 Å². The minimum atomic E-state index is 1.30. The Labute approximate surface area is 258 Å². The van der Waals surface area contributed by atoms with Crippen molar-refractivity contribution in [2.24, 2.45) is 0 Å². The van der Waals surface area contributed by atoms with Gasteiger partial charge in [0.25, 0.3) is 0 Å². The minimum absolute atomic E-state index is 1.30. The van der Waals surface area contributed by atoms with Gasteiger partial charge in [0.1, 0.15) is 0 Å². The number of hydrogen-bond donors (Lipinski definition) is 0. The maximum atomic E-state index is 2.53. The third-order valence-electron chi connectivity index (χ3n) is 10.1. The van der Waals surface area contributed by atoms with Gasteiger partial charge in [0, 0.05) is 0 Å². The van der Waals surface area contributed by atoms with Gasteiger partial charge in [0.15, 0.2) is 0 Å². The van der Waals surface area contributed by atoms with Gasteiger partial charge in [-0.25, -0.2) is 0 Å². The van der Waals surface area contributed by atoms with Crippen LogP contribution in [0.25, 0.3) is 87.6 Å². The highest BCUT2D eigenvalue weighted by Crippen LogP contribution is 2.54. The van der Waals surface area contributed by atoms with Crippen LogP contribution in [0.3, 0.4) is 0 Å². The molecular weight excluding hydrogens is 528 g/mol. The van der Waals surface area contributed by atoms with Crippen molar-refractivity contribution in [2.45, 2.75) is 27.7 Å². The third-order valence-corrected chi connectivity index (χ3v) is 10.1. The van der Waals surface area contributed by atoms with Gasteiger partial charge in [0.2, 0.25) is 0 Å². The fourth-order valence-electron chi connectivity index (χ4n) is 8.22. The molecule has 0 N–H and O–H groups in total. The molecule has 0 unspecified atom stereocenters. The molecule has 0 heterocycles. The van der Waals surface area contributed by atoms with Crippen molar-refractivity contribution in [3.05, 3.63) is 144 Å². The summed E-state index contributed by atoms with van der Waals surface area (Å²) in [5.41, 5.74) is 16.0. The fourth-order valence-corrected chi connectivity index (χ4v) is 8.22. The van der Waals surface area contributed by atoms with Crippen LogP contribution in [0.15, 0.2) is 121 Å². The summed E-state index contributed by atoms with van der Waals surface area (Å²) in [6, 6.07) is 45.7. The lowest BCUT2D eigenvalue weighted by Gasteiger charge is -2.23. The van der Waals surface area contributed by atoms with Gasteiger partial charge in [-0.05, 0) is 156 Å². The van der Waals surface area contributed by atoms with Gasteiger partial charge in [-0.1, -0.05) is 103 Å². The van der Waals surface area contributed by atoms with Crippen LogP contribution < -0.4 is 0 Å². The molecule has 0 aliphatic heterocycles. The van der Waals surface area contributed by atoms with Crippen LogP contribution in [0, 0.1) is 27.7 Å². The first-order valence-electron chi connectivity index (χ1n) is 15.6. The maximum Gasteiger partial charge on any atom is -0.00199 e. The van der Waals surface area contributed by atoms with Crippen LogP contribution in [0.5, 0.6) is 0 Å². The maximum absolute atomic E-state index is 2.53. The predicted molar refractivity (Wildman–Crippen MR) is 191 cm³/mol. The first-order valence-corrected chi connectivity index (χ1v) is 15.6. The Kier molecular flexibility index (Phi) is 5.26. The summed E-state index contributed by atoms with van der Waals surface area (Å²) in [6.07, 6.45) is 0. The molecule has 0 nitrogen and oxygen atoms in total. The average Bonchev–Trinajstić information content (AvgIpc) is 3.34. The van der Waals surface area contributed by atoms with E-state index >= 15 is 0 Å². The molecule has 0 aromatic heterocycles. The second-order valence-corrected chi connectivity index (χ2v) is 12.6. The zero-order valence-electron chi connectivity index (χ0n) is 25.5. The van der Waals surface area contributed by atoms with E-state index in [1.54, 1.807) is 0 Å². The molecule has 0 fully saturated rings. The van der Waals surface area contributed by atoms with Crippen molar-refractivity contribution < 1.29 is 0 Å². The highest BCUT2D eigenvalue weighted by molar-refractivity contribution is 6.28. The van der Waals surface area contributed by atoms with Crippen LogP contribution in [-0.2, 0) is 0 Å². The fraction of sp³-hybridized carbons (Fsp3) is 0.0909. The van der Waals surface area contributed by atoms with Crippen molar-refractivity contribution in [2.75, 3.05) is 0 Å². The summed E-state index contributed by atoms with van der Waals surface area (Å²) in [5.74, 6) is 0. The second kappa shape index (κ2) is 9.15. The van der Waals surface area contributed by atoms with E-state index in [0.29, 0.717) is 0 Å². The summed E-state index contributed by atoms with van der Waals surface area (Å²) in [6.45, 7) is 9.05. The molecule has 0 saturated carbocycles. The van der Waals surface area contributed by atoms with Gasteiger partial charge in [-0.2, -0.15) is 0 Å². The first-order chi connectivity index (χ1) is 21.5. The Morgan fingerprint density at radius 2 is 0.750 bits per heavy atom. The highest BCUT2D eigenvalue weighted by Gasteiger charge is 2.27. The number of aryl methyl sites for hydroxylation is 4. The number of rotatable bonds is 2. The van der Waals surface area contributed by atoms with Crippen molar-refractivity contribution in [1.29, 1.82) is 0 Å². The zero-order valence-corrected chi connectivity index (χ0v) is 25.5. The largest absolute Gasteiger partial charge is 0.0617 e. The Hall–Kier alpha value is -5.20. The van der Waals surface area contributed by atoms with Crippen molar-refractivity contribution >= 4 is 43.1 Å².